The lowest BCUT2D eigenvalue weighted by atomic mass is 10.1. The van der Waals surface area contributed by atoms with Crippen LogP contribution in [0.15, 0.2) is 78.9 Å². The fourth-order valence-electron chi connectivity index (χ4n) is 3.19. The molecule has 1 unspecified atom stereocenters. The maximum absolute atomic E-state index is 12.7. The number of anilines is 1. The van der Waals surface area contributed by atoms with Gasteiger partial charge in [0, 0.05) is 11.8 Å². The van der Waals surface area contributed by atoms with Crippen LogP contribution in [-0.4, -0.2) is 28.7 Å². The minimum absolute atomic E-state index is 0.315. The first-order chi connectivity index (χ1) is 14.0. The monoisotopic (exact) mass is 386 g/mol. The molecule has 1 atom stereocenters. The van der Waals surface area contributed by atoms with E-state index in [1.54, 1.807) is 48.5 Å². The third-order valence-electron chi connectivity index (χ3n) is 4.67. The van der Waals surface area contributed by atoms with E-state index in [0.717, 1.165) is 4.90 Å². The molecule has 1 aliphatic rings. The number of hydrogen-bond donors (Lipinski definition) is 1. The van der Waals surface area contributed by atoms with E-state index in [4.69, 9.17) is 4.74 Å². The zero-order chi connectivity index (χ0) is 20.4. The van der Waals surface area contributed by atoms with Crippen molar-refractivity contribution in [3.8, 4) is 11.5 Å². The van der Waals surface area contributed by atoms with Crippen LogP contribution in [0.25, 0.3) is 0 Å². The number of carbonyl (C=O) groups is 3. The van der Waals surface area contributed by atoms with Gasteiger partial charge in [0.05, 0.1) is 11.1 Å². The number of rotatable bonds is 5. The molecule has 144 valence electrons. The molecule has 4 rings (SSSR count). The Hall–Kier alpha value is -3.93. The number of carbonyl (C=O) groups excluding carboxylic acids is 3. The molecule has 0 bridgehead atoms. The number of para-hydroxylation sites is 1. The Morgan fingerprint density at radius 2 is 1.41 bits per heavy atom. The number of nitrogens with zero attached hydrogens (tertiary/aromatic N) is 1. The summed E-state index contributed by atoms with van der Waals surface area (Å²) in [5.74, 6) is -0.155. The lowest BCUT2D eigenvalue weighted by Crippen LogP contribution is -2.45. The second kappa shape index (κ2) is 7.59. The van der Waals surface area contributed by atoms with E-state index in [-0.39, 0.29) is 0 Å². The molecule has 6 heteroatoms. The SMILES string of the molecule is CC(C(=O)Nc1cccc(Oc2ccccc2)c1)N1C(=O)c2ccccc2C1=O. The van der Waals surface area contributed by atoms with Crippen molar-refractivity contribution >= 4 is 23.4 Å². The first kappa shape index (κ1) is 18.4. The average molecular weight is 386 g/mol. The first-order valence-electron chi connectivity index (χ1n) is 9.15. The van der Waals surface area contributed by atoms with Gasteiger partial charge in [0.15, 0.2) is 0 Å². The van der Waals surface area contributed by atoms with Crippen molar-refractivity contribution in [2.24, 2.45) is 0 Å². The third-order valence-corrected chi connectivity index (χ3v) is 4.67. The predicted molar refractivity (Wildman–Crippen MR) is 108 cm³/mol. The number of benzene rings is 3. The maximum atomic E-state index is 12.7. The molecule has 0 aliphatic carbocycles. The van der Waals surface area contributed by atoms with E-state index in [1.165, 1.54) is 6.92 Å². The van der Waals surface area contributed by atoms with Gasteiger partial charge in [0.2, 0.25) is 5.91 Å². The molecule has 6 nitrogen and oxygen atoms in total. The molecule has 1 aliphatic heterocycles. The molecule has 1 N–H and O–H groups in total. The normalized spacial score (nSPS) is 13.8. The number of ether oxygens (including phenoxy) is 1. The summed E-state index contributed by atoms with van der Waals surface area (Å²) in [6.07, 6.45) is 0. The topological polar surface area (TPSA) is 75.7 Å². The van der Waals surface area contributed by atoms with Crippen molar-refractivity contribution in [3.05, 3.63) is 90.0 Å². The van der Waals surface area contributed by atoms with Gasteiger partial charge in [0.25, 0.3) is 11.8 Å². The highest BCUT2D eigenvalue weighted by Crippen LogP contribution is 2.26. The molecule has 3 aromatic rings. The van der Waals surface area contributed by atoms with Crippen LogP contribution in [0.2, 0.25) is 0 Å². The largest absolute Gasteiger partial charge is 0.457 e. The molecule has 3 aromatic carbocycles. The van der Waals surface area contributed by atoms with Crippen LogP contribution in [0.4, 0.5) is 5.69 Å². The summed E-state index contributed by atoms with van der Waals surface area (Å²) >= 11 is 0. The van der Waals surface area contributed by atoms with Gasteiger partial charge in [-0.1, -0.05) is 36.4 Å². The van der Waals surface area contributed by atoms with E-state index in [9.17, 15) is 14.4 Å². The van der Waals surface area contributed by atoms with Gasteiger partial charge in [-0.25, -0.2) is 0 Å². The van der Waals surface area contributed by atoms with Gasteiger partial charge < -0.3 is 10.1 Å². The second-order valence-corrected chi connectivity index (χ2v) is 6.63. The number of hydrogen-bond acceptors (Lipinski definition) is 4. The Morgan fingerprint density at radius 3 is 2.07 bits per heavy atom. The zero-order valence-electron chi connectivity index (χ0n) is 15.7. The summed E-state index contributed by atoms with van der Waals surface area (Å²) in [6.45, 7) is 1.53. The third kappa shape index (κ3) is 3.60. The highest BCUT2D eigenvalue weighted by Gasteiger charge is 2.40. The van der Waals surface area contributed by atoms with E-state index in [1.807, 2.05) is 30.3 Å². The smallest absolute Gasteiger partial charge is 0.262 e. The molecular weight excluding hydrogens is 368 g/mol. The molecule has 0 saturated heterocycles. The maximum Gasteiger partial charge on any atom is 0.262 e. The molecule has 0 spiro atoms. The fraction of sp³-hybridized carbons (Fsp3) is 0.0870. The number of fused-ring (bicyclic) bond motifs is 1. The summed E-state index contributed by atoms with van der Waals surface area (Å²) in [5.41, 5.74) is 1.14. The standard InChI is InChI=1S/C23H18N2O4/c1-15(25-22(27)19-12-5-6-13-20(19)23(25)28)21(26)24-16-8-7-11-18(14-16)29-17-9-3-2-4-10-17/h2-15H,1H3,(H,24,26). The Morgan fingerprint density at radius 1 is 0.828 bits per heavy atom. The Bertz CT molecular complexity index is 1060. The minimum atomic E-state index is -0.957. The van der Waals surface area contributed by atoms with E-state index >= 15 is 0 Å². The minimum Gasteiger partial charge on any atom is -0.457 e. The summed E-state index contributed by atoms with van der Waals surface area (Å²) < 4.78 is 5.77. The highest BCUT2D eigenvalue weighted by atomic mass is 16.5. The van der Waals surface area contributed by atoms with Crippen LogP contribution >= 0.6 is 0 Å². The Labute approximate surface area is 167 Å². The van der Waals surface area contributed by atoms with Crippen LogP contribution in [0.1, 0.15) is 27.6 Å². The van der Waals surface area contributed by atoms with Gasteiger partial charge >= 0.3 is 0 Å². The lowest BCUT2D eigenvalue weighted by molar-refractivity contribution is -0.119. The Balaban J connectivity index is 1.48. The molecule has 29 heavy (non-hydrogen) atoms. The van der Waals surface area contributed by atoms with Crippen LogP contribution in [-0.2, 0) is 4.79 Å². The molecule has 0 fully saturated rings. The average Bonchev–Trinajstić information content (AvgIpc) is 2.99. The highest BCUT2D eigenvalue weighted by molar-refractivity contribution is 6.23. The van der Waals surface area contributed by atoms with Gasteiger partial charge in [-0.3, -0.25) is 19.3 Å². The number of amides is 3. The van der Waals surface area contributed by atoms with Gasteiger partial charge in [-0.2, -0.15) is 0 Å². The van der Waals surface area contributed by atoms with Gasteiger partial charge in [0.1, 0.15) is 17.5 Å². The van der Waals surface area contributed by atoms with Crippen LogP contribution in [0.3, 0.4) is 0 Å². The molecule has 3 amide bonds. The van der Waals surface area contributed by atoms with E-state index in [2.05, 4.69) is 5.32 Å². The number of nitrogens with one attached hydrogen (secondary N) is 1. The summed E-state index contributed by atoms with van der Waals surface area (Å²) in [4.78, 5) is 38.8. The second-order valence-electron chi connectivity index (χ2n) is 6.63. The lowest BCUT2D eigenvalue weighted by Gasteiger charge is -2.21. The van der Waals surface area contributed by atoms with Crippen molar-refractivity contribution in [2.75, 3.05) is 5.32 Å². The van der Waals surface area contributed by atoms with E-state index < -0.39 is 23.8 Å². The van der Waals surface area contributed by atoms with Crippen LogP contribution in [0.5, 0.6) is 11.5 Å². The predicted octanol–water partition coefficient (Wildman–Crippen LogP) is 4.10. The fourth-order valence-corrected chi connectivity index (χ4v) is 3.19. The Kier molecular flexibility index (Phi) is 4.83. The van der Waals surface area contributed by atoms with Crippen LogP contribution < -0.4 is 10.1 Å². The van der Waals surface area contributed by atoms with Crippen molar-refractivity contribution < 1.29 is 19.1 Å². The van der Waals surface area contributed by atoms with Crippen molar-refractivity contribution in [2.45, 2.75) is 13.0 Å². The molecule has 0 radical (unpaired) electrons. The first-order valence-corrected chi connectivity index (χ1v) is 9.15. The molecular formula is C23H18N2O4. The molecule has 0 aromatic heterocycles. The number of imide groups is 1. The van der Waals surface area contributed by atoms with Crippen molar-refractivity contribution in [3.63, 3.8) is 0 Å². The summed E-state index contributed by atoms with van der Waals surface area (Å²) in [5, 5.41) is 2.75. The van der Waals surface area contributed by atoms with Gasteiger partial charge in [-0.05, 0) is 43.3 Å². The van der Waals surface area contributed by atoms with Gasteiger partial charge in [-0.15, -0.1) is 0 Å². The van der Waals surface area contributed by atoms with Crippen LogP contribution in [0, 0.1) is 0 Å². The molecule has 1 heterocycles. The van der Waals surface area contributed by atoms with E-state index in [0.29, 0.717) is 28.3 Å². The summed E-state index contributed by atoms with van der Waals surface area (Å²) in [7, 11) is 0. The van der Waals surface area contributed by atoms with Crippen molar-refractivity contribution in [1.29, 1.82) is 0 Å². The van der Waals surface area contributed by atoms with Crippen molar-refractivity contribution in [1.82, 2.24) is 4.90 Å². The quantitative estimate of drug-likeness (QED) is 0.670. The summed E-state index contributed by atoms with van der Waals surface area (Å²) in [6, 6.07) is 21.8. The molecule has 0 saturated carbocycles. The zero-order valence-corrected chi connectivity index (χ0v) is 15.7.